The Hall–Kier alpha value is -0.0400. The lowest BCUT2D eigenvalue weighted by Crippen LogP contribution is -2.45. The average Bonchev–Trinajstić information content (AvgIpc) is 2.51. The average molecular weight is 280 g/mol. The highest BCUT2D eigenvalue weighted by Crippen LogP contribution is 2.44. The fourth-order valence-electron chi connectivity index (χ4n) is 5.06. The highest BCUT2D eigenvalue weighted by Gasteiger charge is 2.36. The third kappa shape index (κ3) is 4.00. The molecule has 0 aromatic rings. The molecule has 0 radical (unpaired) electrons. The first-order chi connectivity index (χ1) is 9.80. The molecule has 1 N–H and O–H groups in total. The van der Waals surface area contributed by atoms with E-state index >= 15 is 0 Å². The van der Waals surface area contributed by atoms with Crippen molar-refractivity contribution in [2.24, 2.45) is 23.7 Å². The fraction of sp³-hybridized carbons (Fsp3) is 1.00. The van der Waals surface area contributed by atoms with Gasteiger partial charge in [0.1, 0.15) is 0 Å². The van der Waals surface area contributed by atoms with E-state index < -0.39 is 0 Å². The molecule has 20 heavy (non-hydrogen) atoms. The Morgan fingerprint density at radius 3 is 2.25 bits per heavy atom. The minimum atomic E-state index is 0.799. The second-order valence-corrected chi connectivity index (χ2v) is 7.43. The summed E-state index contributed by atoms with van der Waals surface area (Å²) in [6.07, 6.45) is 14.6. The van der Waals surface area contributed by atoms with Crippen molar-refractivity contribution in [3.8, 4) is 0 Å². The van der Waals surface area contributed by atoms with Gasteiger partial charge in [-0.05, 0) is 55.9 Å². The van der Waals surface area contributed by atoms with Crippen molar-refractivity contribution in [3.63, 3.8) is 0 Å². The van der Waals surface area contributed by atoms with Crippen LogP contribution in [-0.4, -0.2) is 12.6 Å². The summed E-state index contributed by atoms with van der Waals surface area (Å²) in [5.74, 6) is 4.02. The van der Waals surface area contributed by atoms with E-state index in [1.807, 2.05) is 0 Å². The number of hydrogen-bond donors (Lipinski definition) is 1. The van der Waals surface area contributed by atoms with E-state index in [9.17, 15) is 0 Å². The van der Waals surface area contributed by atoms with Crippen LogP contribution in [0, 0.1) is 23.7 Å². The monoisotopic (exact) mass is 279 g/mol. The summed E-state index contributed by atoms with van der Waals surface area (Å²) in [5, 5.41) is 3.94. The molecular weight excluding hydrogens is 242 g/mol. The van der Waals surface area contributed by atoms with E-state index in [-0.39, 0.29) is 0 Å². The van der Waals surface area contributed by atoms with Crippen molar-refractivity contribution in [1.29, 1.82) is 0 Å². The van der Waals surface area contributed by atoms with E-state index in [4.69, 9.17) is 0 Å². The molecule has 0 bridgehead atoms. The minimum absolute atomic E-state index is 0.799. The lowest BCUT2D eigenvalue weighted by atomic mass is 9.64. The van der Waals surface area contributed by atoms with Crippen molar-refractivity contribution < 1.29 is 0 Å². The zero-order valence-electron chi connectivity index (χ0n) is 14.2. The molecule has 0 aliphatic heterocycles. The van der Waals surface area contributed by atoms with Gasteiger partial charge in [-0.25, -0.2) is 0 Å². The first-order valence-corrected chi connectivity index (χ1v) is 9.53. The molecule has 0 aromatic heterocycles. The summed E-state index contributed by atoms with van der Waals surface area (Å²) in [7, 11) is 0. The second kappa shape index (κ2) is 8.41. The molecule has 2 rings (SSSR count). The van der Waals surface area contributed by atoms with E-state index in [0.717, 1.165) is 29.7 Å². The molecule has 4 unspecified atom stereocenters. The highest BCUT2D eigenvalue weighted by molar-refractivity contribution is 4.90. The molecule has 1 nitrogen and oxygen atoms in total. The molecule has 2 saturated carbocycles. The van der Waals surface area contributed by atoms with Gasteiger partial charge in [0, 0.05) is 6.04 Å². The zero-order valence-corrected chi connectivity index (χ0v) is 14.2. The first-order valence-electron chi connectivity index (χ1n) is 9.53. The Balaban J connectivity index is 1.96. The van der Waals surface area contributed by atoms with Crippen LogP contribution in [-0.2, 0) is 0 Å². The van der Waals surface area contributed by atoms with Crippen LogP contribution >= 0.6 is 0 Å². The Labute approximate surface area is 127 Å². The molecule has 2 aliphatic carbocycles. The quantitative estimate of drug-likeness (QED) is 0.658. The van der Waals surface area contributed by atoms with Gasteiger partial charge in [-0.3, -0.25) is 0 Å². The number of hydrogen-bond acceptors (Lipinski definition) is 1. The topological polar surface area (TPSA) is 12.0 Å². The number of rotatable bonds is 7. The first kappa shape index (κ1) is 16.3. The lowest BCUT2D eigenvalue weighted by molar-refractivity contribution is 0.0910. The highest BCUT2D eigenvalue weighted by atomic mass is 14.9. The Bertz CT molecular complexity index is 258. The standard InChI is InChI=1S/C19H37N/c1-4-13-20-19(15(5-2)6-3)18-12-11-16-9-7-8-10-17(16)14-18/h15-20H,4-14H2,1-3H3. The minimum Gasteiger partial charge on any atom is -0.313 e. The molecule has 0 spiro atoms. The summed E-state index contributed by atoms with van der Waals surface area (Å²) in [4.78, 5) is 0. The summed E-state index contributed by atoms with van der Waals surface area (Å²) in [6.45, 7) is 8.29. The maximum Gasteiger partial charge on any atom is 0.0123 e. The molecule has 4 atom stereocenters. The largest absolute Gasteiger partial charge is 0.313 e. The van der Waals surface area contributed by atoms with Crippen LogP contribution in [0.2, 0.25) is 0 Å². The van der Waals surface area contributed by atoms with Gasteiger partial charge < -0.3 is 5.32 Å². The van der Waals surface area contributed by atoms with E-state index in [1.165, 1.54) is 70.8 Å². The van der Waals surface area contributed by atoms with Gasteiger partial charge in [0.2, 0.25) is 0 Å². The van der Waals surface area contributed by atoms with Crippen LogP contribution in [0.4, 0.5) is 0 Å². The molecule has 2 fully saturated rings. The second-order valence-electron chi connectivity index (χ2n) is 7.43. The number of nitrogens with one attached hydrogen (secondary N) is 1. The Morgan fingerprint density at radius 2 is 1.60 bits per heavy atom. The van der Waals surface area contributed by atoms with Gasteiger partial charge in [0.25, 0.3) is 0 Å². The molecule has 1 heteroatoms. The maximum absolute atomic E-state index is 3.94. The smallest absolute Gasteiger partial charge is 0.0123 e. The van der Waals surface area contributed by atoms with Crippen molar-refractivity contribution >= 4 is 0 Å². The maximum atomic E-state index is 3.94. The van der Waals surface area contributed by atoms with Crippen LogP contribution in [0.25, 0.3) is 0 Å². The van der Waals surface area contributed by atoms with Crippen LogP contribution in [0.3, 0.4) is 0 Å². The summed E-state index contributed by atoms with van der Waals surface area (Å²) < 4.78 is 0. The van der Waals surface area contributed by atoms with Gasteiger partial charge in [0.15, 0.2) is 0 Å². The van der Waals surface area contributed by atoms with Crippen molar-refractivity contribution in [3.05, 3.63) is 0 Å². The van der Waals surface area contributed by atoms with Crippen LogP contribution < -0.4 is 5.32 Å². The van der Waals surface area contributed by atoms with E-state index in [2.05, 4.69) is 26.1 Å². The predicted molar refractivity (Wildman–Crippen MR) is 88.9 cm³/mol. The normalized spacial score (nSPS) is 32.1. The van der Waals surface area contributed by atoms with Gasteiger partial charge in [-0.15, -0.1) is 0 Å². The van der Waals surface area contributed by atoms with Crippen LogP contribution in [0.15, 0.2) is 0 Å². The molecule has 2 aliphatic rings. The fourth-order valence-corrected chi connectivity index (χ4v) is 5.06. The third-order valence-electron chi connectivity index (χ3n) is 6.27. The molecular formula is C19H37N. The van der Waals surface area contributed by atoms with Gasteiger partial charge >= 0.3 is 0 Å². The van der Waals surface area contributed by atoms with Crippen molar-refractivity contribution in [1.82, 2.24) is 5.32 Å². The molecule has 0 heterocycles. The van der Waals surface area contributed by atoms with Gasteiger partial charge in [-0.2, -0.15) is 0 Å². The van der Waals surface area contributed by atoms with Crippen LogP contribution in [0.5, 0.6) is 0 Å². The Morgan fingerprint density at radius 1 is 0.900 bits per heavy atom. The molecule has 0 saturated heterocycles. The summed E-state index contributed by atoms with van der Waals surface area (Å²) in [5.41, 5.74) is 0. The zero-order chi connectivity index (χ0) is 14.4. The summed E-state index contributed by atoms with van der Waals surface area (Å²) in [6, 6.07) is 0.799. The van der Waals surface area contributed by atoms with Gasteiger partial charge in [0.05, 0.1) is 0 Å². The number of fused-ring (bicyclic) bond motifs is 1. The van der Waals surface area contributed by atoms with Crippen molar-refractivity contribution in [2.45, 2.75) is 91.0 Å². The van der Waals surface area contributed by atoms with E-state index in [0.29, 0.717) is 0 Å². The van der Waals surface area contributed by atoms with Crippen LogP contribution in [0.1, 0.15) is 85.0 Å². The SMILES string of the molecule is CCCNC(C(CC)CC)C1CCC2CCCCC2C1. The predicted octanol–water partition coefficient (Wildman–Crippen LogP) is 5.40. The lowest BCUT2D eigenvalue weighted by Gasteiger charge is -2.44. The van der Waals surface area contributed by atoms with Crippen molar-refractivity contribution in [2.75, 3.05) is 6.54 Å². The Kier molecular flexibility index (Phi) is 6.87. The summed E-state index contributed by atoms with van der Waals surface area (Å²) >= 11 is 0. The molecule has 118 valence electrons. The molecule has 0 aromatic carbocycles. The van der Waals surface area contributed by atoms with E-state index in [1.54, 1.807) is 0 Å². The van der Waals surface area contributed by atoms with Gasteiger partial charge in [-0.1, -0.05) is 59.3 Å². The third-order valence-corrected chi connectivity index (χ3v) is 6.27. The molecule has 0 amide bonds.